The molecule has 0 saturated carbocycles. The van der Waals surface area contributed by atoms with Gasteiger partial charge in [0.1, 0.15) is 0 Å². The molecule has 0 amide bonds. The zero-order valence-electron chi connectivity index (χ0n) is 12.2. The van der Waals surface area contributed by atoms with Crippen molar-refractivity contribution in [2.24, 2.45) is 0 Å². The van der Waals surface area contributed by atoms with E-state index in [0.717, 1.165) is 26.7 Å². The lowest BCUT2D eigenvalue weighted by Gasteiger charge is -2.12. The Balaban J connectivity index is 2.13. The second-order valence-corrected chi connectivity index (χ2v) is 6.12. The van der Waals surface area contributed by atoms with Gasteiger partial charge in [0, 0.05) is 15.6 Å². The van der Waals surface area contributed by atoms with Crippen LogP contribution in [0.25, 0.3) is 11.1 Å². The minimum absolute atomic E-state index is 0.0510. The van der Waals surface area contributed by atoms with Gasteiger partial charge in [-0.25, -0.2) is 0 Å². The number of carbonyl (C=O) groups excluding carboxylic acids is 1. The topological polar surface area (TPSA) is 17.1 Å². The molecule has 0 spiro atoms. The van der Waals surface area contributed by atoms with Gasteiger partial charge in [0.25, 0.3) is 0 Å². The number of halogens is 1. The van der Waals surface area contributed by atoms with Crippen molar-refractivity contribution in [3.8, 4) is 11.1 Å². The van der Waals surface area contributed by atoms with Crippen LogP contribution >= 0.6 is 15.9 Å². The fraction of sp³-hybridized carbons (Fsp3) is 0.0500. The largest absolute Gasteiger partial charge is 0.289 e. The van der Waals surface area contributed by atoms with Crippen molar-refractivity contribution in [1.29, 1.82) is 0 Å². The fourth-order valence-corrected chi connectivity index (χ4v) is 2.87. The van der Waals surface area contributed by atoms with Gasteiger partial charge in [0.05, 0.1) is 0 Å². The van der Waals surface area contributed by atoms with Crippen molar-refractivity contribution in [1.82, 2.24) is 0 Å². The lowest BCUT2D eigenvalue weighted by atomic mass is 9.91. The highest BCUT2D eigenvalue weighted by Crippen LogP contribution is 2.29. The van der Waals surface area contributed by atoms with Crippen LogP contribution in [0, 0.1) is 6.92 Å². The lowest BCUT2D eigenvalue weighted by Crippen LogP contribution is -2.04. The molecular weight excluding hydrogens is 336 g/mol. The summed E-state index contributed by atoms with van der Waals surface area (Å²) in [6.45, 7) is 2.04. The maximum absolute atomic E-state index is 12.9. The number of carbonyl (C=O) groups is 1. The maximum atomic E-state index is 12.9. The van der Waals surface area contributed by atoms with Crippen LogP contribution in [0.2, 0.25) is 0 Å². The Morgan fingerprint density at radius 3 is 2.18 bits per heavy atom. The molecule has 0 unspecified atom stereocenters. The van der Waals surface area contributed by atoms with Crippen molar-refractivity contribution < 1.29 is 4.79 Å². The summed E-state index contributed by atoms with van der Waals surface area (Å²) >= 11 is 3.40. The van der Waals surface area contributed by atoms with E-state index >= 15 is 0 Å². The van der Waals surface area contributed by atoms with Crippen molar-refractivity contribution in [2.45, 2.75) is 6.92 Å². The highest BCUT2D eigenvalue weighted by atomic mass is 79.9. The summed E-state index contributed by atoms with van der Waals surface area (Å²) < 4.78 is 0.969. The number of rotatable bonds is 3. The molecule has 0 N–H and O–H groups in total. The van der Waals surface area contributed by atoms with Gasteiger partial charge >= 0.3 is 0 Å². The third-order valence-electron chi connectivity index (χ3n) is 3.69. The molecule has 1 nitrogen and oxygen atoms in total. The van der Waals surface area contributed by atoms with E-state index < -0.39 is 0 Å². The molecule has 0 heterocycles. The summed E-state index contributed by atoms with van der Waals surface area (Å²) in [6, 6.07) is 23.4. The second-order valence-electron chi connectivity index (χ2n) is 5.20. The van der Waals surface area contributed by atoms with Crippen LogP contribution in [0.1, 0.15) is 21.5 Å². The highest BCUT2D eigenvalue weighted by molar-refractivity contribution is 9.10. The molecule has 0 radical (unpaired) electrons. The Labute approximate surface area is 138 Å². The Morgan fingerprint density at radius 2 is 1.50 bits per heavy atom. The van der Waals surface area contributed by atoms with E-state index in [9.17, 15) is 4.79 Å². The maximum Gasteiger partial charge on any atom is 0.193 e. The van der Waals surface area contributed by atoms with Crippen LogP contribution in [-0.2, 0) is 0 Å². The van der Waals surface area contributed by atoms with E-state index in [1.54, 1.807) is 0 Å². The van der Waals surface area contributed by atoms with Gasteiger partial charge in [-0.05, 0) is 47.9 Å². The van der Waals surface area contributed by atoms with Gasteiger partial charge in [-0.1, -0.05) is 64.5 Å². The molecule has 2 heteroatoms. The van der Waals surface area contributed by atoms with Crippen molar-refractivity contribution in [3.63, 3.8) is 0 Å². The van der Waals surface area contributed by atoms with E-state index in [-0.39, 0.29) is 5.78 Å². The first-order valence-corrected chi connectivity index (χ1v) is 7.91. The van der Waals surface area contributed by atoms with Crippen LogP contribution in [0.3, 0.4) is 0 Å². The summed E-state index contributed by atoms with van der Waals surface area (Å²) in [5.41, 5.74) is 4.63. The molecule has 0 aromatic heterocycles. The SMILES string of the molecule is Cc1cccc(C(=O)c2ccc(Br)cc2)c1-c1ccccc1. The molecular formula is C20H15BrO. The molecule has 3 rings (SSSR count). The smallest absolute Gasteiger partial charge is 0.193 e. The molecule has 22 heavy (non-hydrogen) atoms. The number of ketones is 1. The summed E-state index contributed by atoms with van der Waals surface area (Å²) in [4.78, 5) is 12.9. The van der Waals surface area contributed by atoms with Gasteiger partial charge in [-0.3, -0.25) is 4.79 Å². The van der Waals surface area contributed by atoms with E-state index in [4.69, 9.17) is 0 Å². The standard InChI is InChI=1S/C20H15BrO/c1-14-6-5-9-18(19(14)15-7-3-2-4-8-15)20(22)16-10-12-17(21)13-11-16/h2-13H,1H3. The van der Waals surface area contributed by atoms with Crippen molar-refractivity contribution in [3.05, 3.63) is 94.0 Å². The fourth-order valence-electron chi connectivity index (χ4n) is 2.60. The van der Waals surface area contributed by atoms with Crippen molar-refractivity contribution >= 4 is 21.7 Å². The van der Waals surface area contributed by atoms with E-state index in [0.29, 0.717) is 5.56 Å². The third-order valence-corrected chi connectivity index (χ3v) is 4.21. The lowest BCUT2D eigenvalue weighted by molar-refractivity contribution is 0.103. The molecule has 0 aliphatic rings. The molecule has 0 atom stereocenters. The van der Waals surface area contributed by atoms with E-state index in [1.807, 2.05) is 79.7 Å². The average molecular weight is 351 g/mol. The van der Waals surface area contributed by atoms with Crippen LogP contribution < -0.4 is 0 Å². The zero-order chi connectivity index (χ0) is 15.5. The third kappa shape index (κ3) is 2.88. The summed E-state index contributed by atoms with van der Waals surface area (Å²) in [5, 5.41) is 0. The Morgan fingerprint density at radius 1 is 0.818 bits per heavy atom. The van der Waals surface area contributed by atoms with E-state index in [1.165, 1.54) is 0 Å². The van der Waals surface area contributed by atoms with Crippen LogP contribution in [-0.4, -0.2) is 5.78 Å². The van der Waals surface area contributed by atoms with Crippen molar-refractivity contribution in [2.75, 3.05) is 0 Å². The van der Waals surface area contributed by atoms with Gasteiger partial charge in [0.15, 0.2) is 5.78 Å². The van der Waals surface area contributed by atoms with Gasteiger partial charge < -0.3 is 0 Å². The molecule has 0 bridgehead atoms. The van der Waals surface area contributed by atoms with Crippen LogP contribution in [0.15, 0.2) is 77.3 Å². The Hall–Kier alpha value is -2.19. The van der Waals surface area contributed by atoms with Gasteiger partial charge in [-0.15, -0.1) is 0 Å². The minimum Gasteiger partial charge on any atom is -0.289 e. The van der Waals surface area contributed by atoms with E-state index in [2.05, 4.69) is 15.9 Å². The summed E-state index contributed by atoms with van der Waals surface area (Å²) in [6.07, 6.45) is 0. The number of benzene rings is 3. The molecule has 0 fully saturated rings. The van der Waals surface area contributed by atoms with Crippen LogP contribution in [0.4, 0.5) is 0 Å². The summed E-state index contributed by atoms with van der Waals surface area (Å²) in [7, 11) is 0. The van der Waals surface area contributed by atoms with Gasteiger partial charge in [-0.2, -0.15) is 0 Å². The predicted octanol–water partition coefficient (Wildman–Crippen LogP) is 5.66. The van der Waals surface area contributed by atoms with Gasteiger partial charge in [0.2, 0.25) is 0 Å². The van der Waals surface area contributed by atoms with Crippen LogP contribution in [0.5, 0.6) is 0 Å². The monoisotopic (exact) mass is 350 g/mol. The number of hydrogen-bond donors (Lipinski definition) is 0. The first kappa shape index (κ1) is 14.7. The minimum atomic E-state index is 0.0510. The molecule has 0 aliphatic heterocycles. The molecule has 0 saturated heterocycles. The normalized spacial score (nSPS) is 10.5. The Bertz CT molecular complexity index is 805. The number of aryl methyl sites for hydroxylation is 1. The average Bonchev–Trinajstić information content (AvgIpc) is 2.55. The Kier molecular flexibility index (Phi) is 4.21. The quantitative estimate of drug-likeness (QED) is 0.557. The zero-order valence-corrected chi connectivity index (χ0v) is 13.8. The first-order chi connectivity index (χ1) is 10.7. The number of hydrogen-bond acceptors (Lipinski definition) is 1. The second kappa shape index (κ2) is 6.29. The summed E-state index contributed by atoms with van der Waals surface area (Å²) in [5.74, 6) is 0.0510. The molecule has 3 aromatic rings. The molecule has 3 aromatic carbocycles. The molecule has 0 aliphatic carbocycles. The highest BCUT2D eigenvalue weighted by Gasteiger charge is 2.16. The predicted molar refractivity (Wildman–Crippen MR) is 94.2 cm³/mol. The first-order valence-electron chi connectivity index (χ1n) is 7.12. The molecule has 108 valence electrons.